The normalized spacial score (nSPS) is 12.1. The van der Waals surface area contributed by atoms with Crippen LogP contribution in [0.3, 0.4) is 0 Å². The van der Waals surface area contributed by atoms with E-state index in [9.17, 15) is 13.6 Å². The van der Waals surface area contributed by atoms with E-state index in [0.29, 0.717) is 11.4 Å². The number of carbonyl (C=O) groups excluding carboxylic acids is 1. The molecule has 0 radical (unpaired) electrons. The Morgan fingerprint density at radius 3 is 1.89 bits per heavy atom. The Morgan fingerprint density at radius 2 is 1.37 bits per heavy atom. The molecular formula is C21H16ClNO3S. The highest BCUT2D eigenvalue weighted by molar-refractivity contribution is 7.81. The van der Waals surface area contributed by atoms with Crippen LogP contribution in [0.25, 0.3) is 17.2 Å². The maximum Gasteiger partial charge on any atom is 0.266 e. The molecular weight excluding hydrogens is 382 g/mol. The lowest BCUT2D eigenvalue weighted by molar-refractivity contribution is -0.107. The van der Waals surface area contributed by atoms with Crippen molar-refractivity contribution in [2.45, 2.75) is 0 Å². The Kier molecular flexibility index (Phi) is 6.19. The lowest BCUT2D eigenvalue weighted by Crippen LogP contribution is -2.19. The van der Waals surface area contributed by atoms with Crippen LogP contribution in [0.2, 0.25) is 0 Å². The summed E-state index contributed by atoms with van der Waals surface area (Å²) in [5.41, 5.74) is 4.00. The topological polar surface area (TPSA) is 57.6 Å². The molecule has 0 saturated carbocycles. The molecule has 0 heterocycles. The Labute approximate surface area is 165 Å². The molecule has 136 valence electrons. The Balaban J connectivity index is 1.87. The number of halogens is 1. The maximum absolute atomic E-state index is 11.9. The van der Waals surface area contributed by atoms with Crippen molar-refractivity contribution in [3.63, 3.8) is 0 Å². The van der Waals surface area contributed by atoms with Crippen molar-refractivity contribution in [2.75, 3.05) is 4.31 Å². The number of benzene rings is 3. The molecule has 6 heteroatoms. The first-order valence-electron chi connectivity index (χ1n) is 8.09. The molecule has 0 fully saturated rings. The van der Waals surface area contributed by atoms with Crippen LogP contribution in [0.4, 0.5) is 11.4 Å². The van der Waals surface area contributed by atoms with E-state index < -0.39 is 16.5 Å². The minimum absolute atomic E-state index is 0.553. The summed E-state index contributed by atoms with van der Waals surface area (Å²) in [5, 5.41) is -0.560. The second kappa shape index (κ2) is 8.77. The van der Waals surface area contributed by atoms with E-state index in [1.807, 2.05) is 42.5 Å². The van der Waals surface area contributed by atoms with Gasteiger partial charge in [-0.25, -0.2) is 8.51 Å². The summed E-state index contributed by atoms with van der Waals surface area (Å²) < 4.78 is 23.0. The van der Waals surface area contributed by atoms with E-state index >= 15 is 0 Å². The van der Waals surface area contributed by atoms with Crippen molar-refractivity contribution in [3.05, 3.63) is 90.5 Å². The highest BCUT2D eigenvalue weighted by Gasteiger charge is 2.15. The van der Waals surface area contributed by atoms with Crippen LogP contribution in [0, 0.1) is 0 Å². The van der Waals surface area contributed by atoms with E-state index in [0.717, 1.165) is 16.7 Å². The smallest absolute Gasteiger partial charge is 0.266 e. The summed E-state index contributed by atoms with van der Waals surface area (Å²) in [7, 11) is 0. The first-order chi connectivity index (χ1) is 13.0. The van der Waals surface area contributed by atoms with Gasteiger partial charge in [0.05, 0.1) is 11.4 Å². The zero-order valence-electron chi connectivity index (χ0n) is 14.2. The predicted octanol–water partition coefficient (Wildman–Crippen LogP) is 5.41. The molecule has 0 aliphatic carbocycles. The van der Waals surface area contributed by atoms with Crippen LogP contribution in [0.15, 0.2) is 84.9 Å². The fraction of sp³-hybridized carbons (Fsp3) is 0. The molecule has 0 saturated heterocycles. The average Bonchev–Trinajstić information content (AvgIpc) is 2.68. The molecule has 27 heavy (non-hydrogen) atoms. The van der Waals surface area contributed by atoms with Crippen LogP contribution in [-0.4, -0.2) is 14.0 Å². The minimum Gasteiger partial charge on any atom is -0.289 e. The second-order valence-corrected chi connectivity index (χ2v) is 6.87. The number of nitrogens with zero attached hydrogens (tertiary/aromatic N) is 1. The summed E-state index contributed by atoms with van der Waals surface area (Å²) in [4.78, 5) is 10.8. The Morgan fingerprint density at radius 1 is 0.852 bits per heavy atom. The van der Waals surface area contributed by atoms with Crippen LogP contribution in [0.5, 0.6) is 0 Å². The molecule has 0 bridgehead atoms. The van der Waals surface area contributed by atoms with Gasteiger partial charge in [0.2, 0.25) is 5.24 Å². The zero-order valence-corrected chi connectivity index (χ0v) is 15.7. The molecule has 0 spiro atoms. The lowest BCUT2D eigenvalue weighted by Gasteiger charge is -2.20. The summed E-state index contributed by atoms with van der Waals surface area (Å²) in [6.45, 7) is 0. The van der Waals surface area contributed by atoms with Crippen LogP contribution >= 0.6 is 11.6 Å². The predicted molar refractivity (Wildman–Crippen MR) is 111 cm³/mol. The number of hydrogen-bond donors (Lipinski definition) is 1. The highest BCUT2D eigenvalue weighted by atomic mass is 35.5. The van der Waals surface area contributed by atoms with Crippen molar-refractivity contribution >= 4 is 45.6 Å². The molecule has 0 aliphatic heterocycles. The van der Waals surface area contributed by atoms with Gasteiger partial charge in [0, 0.05) is 0 Å². The quantitative estimate of drug-likeness (QED) is 0.344. The minimum atomic E-state index is -2.23. The second-order valence-electron chi connectivity index (χ2n) is 5.67. The van der Waals surface area contributed by atoms with E-state index in [4.69, 9.17) is 11.6 Å². The van der Waals surface area contributed by atoms with Gasteiger partial charge in [0.1, 0.15) is 0 Å². The van der Waals surface area contributed by atoms with Crippen LogP contribution in [0.1, 0.15) is 5.56 Å². The summed E-state index contributed by atoms with van der Waals surface area (Å²) >= 11 is 3.05. The Hall–Kier alpha value is -2.73. The molecule has 3 aromatic rings. The molecule has 0 aliphatic rings. The first kappa shape index (κ1) is 19.0. The van der Waals surface area contributed by atoms with Gasteiger partial charge in [-0.3, -0.25) is 9.35 Å². The largest absolute Gasteiger partial charge is 0.289 e. The van der Waals surface area contributed by atoms with Crippen molar-refractivity contribution in [3.8, 4) is 11.1 Å². The third-order valence-electron chi connectivity index (χ3n) is 3.90. The van der Waals surface area contributed by atoms with Gasteiger partial charge < -0.3 is 0 Å². The maximum atomic E-state index is 11.9. The summed E-state index contributed by atoms with van der Waals surface area (Å²) in [5.74, 6) is 0. The number of carbonyl (C=O) groups is 1. The fourth-order valence-corrected chi connectivity index (χ4v) is 3.30. The fourth-order valence-electron chi connectivity index (χ4n) is 2.63. The molecule has 3 rings (SSSR count). The standard InChI is InChI=1S/C21H16ClNO3S/c22-21(24)15-8-16-6-11-19(12-7-16)23(27(25)26)20-13-9-18(10-14-20)17-4-2-1-3-5-17/h1-15H,(H,25,26). The lowest BCUT2D eigenvalue weighted by atomic mass is 10.1. The SMILES string of the molecule is O=C(Cl)C=Cc1ccc(N(c2ccc(-c3ccccc3)cc2)S(=O)O)cc1. The van der Waals surface area contributed by atoms with Crippen molar-refractivity contribution in [1.82, 2.24) is 0 Å². The van der Waals surface area contributed by atoms with Gasteiger partial charge >= 0.3 is 0 Å². The number of anilines is 2. The van der Waals surface area contributed by atoms with Gasteiger partial charge in [-0.05, 0) is 58.6 Å². The average molecular weight is 398 g/mol. The van der Waals surface area contributed by atoms with Crippen LogP contribution in [-0.2, 0) is 16.1 Å². The van der Waals surface area contributed by atoms with E-state index in [-0.39, 0.29) is 0 Å². The number of rotatable bonds is 6. The monoisotopic (exact) mass is 397 g/mol. The van der Waals surface area contributed by atoms with Gasteiger partial charge in [-0.2, -0.15) is 0 Å². The third kappa shape index (κ3) is 4.92. The molecule has 1 unspecified atom stereocenters. The zero-order chi connectivity index (χ0) is 19.2. The van der Waals surface area contributed by atoms with Crippen molar-refractivity contribution in [2.24, 2.45) is 0 Å². The van der Waals surface area contributed by atoms with Gasteiger partial charge in [0.25, 0.3) is 11.3 Å². The van der Waals surface area contributed by atoms with Gasteiger partial charge in [-0.15, -0.1) is 0 Å². The molecule has 1 atom stereocenters. The van der Waals surface area contributed by atoms with E-state index in [1.165, 1.54) is 10.4 Å². The summed E-state index contributed by atoms with van der Waals surface area (Å²) in [6.07, 6.45) is 2.83. The molecule has 0 amide bonds. The van der Waals surface area contributed by atoms with Gasteiger partial charge in [-0.1, -0.05) is 60.7 Å². The van der Waals surface area contributed by atoms with Crippen molar-refractivity contribution in [1.29, 1.82) is 0 Å². The molecule has 4 nitrogen and oxygen atoms in total. The van der Waals surface area contributed by atoms with E-state index in [1.54, 1.807) is 42.5 Å². The van der Waals surface area contributed by atoms with E-state index in [2.05, 4.69) is 0 Å². The van der Waals surface area contributed by atoms with Crippen molar-refractivity contribution < 1.29 is 13.6 Å². The number of allylic oxidation sites excluding steroid dienone is 1. The van der Waals surface area contributed by atoms with Crippen LogP contribution < -0.4 is 4.31 Å². The highest BCUT2D eigenvalue weighted by Crippen LogP contribution is 2.29. The molecule has 0 aromatic heterocycles. The number of hydrogen-bond acceptors (Lipinski definition) is 2. The first-order valence-corrected chi connectivity index (χ1v) is 9.53. The summed E-state index contributed by atoms with van der Waals surface area (Å²) in [6, 6.07) is 24.2. The molecule has 3 aromatic carbocycles. The Bertz CT molecular complexity index is 971. The van der Waals surface area contributed by atoms with Gasteiger partial charge in [0.15, 0.2) is 0 Å². The molecule has 1 N–H and O–H groups in total. The third-order valence-corrected chi connectivity index (χ3v) is 4.76.